The van der Waals surface area contributed by atoms with Crippen molar-refractivity contribution in [3.8, 4) is 11.8 Å². The number of hydrogen-bond donors (Lipinski definition) is 0. The predicted octanol–water partition coefficient (Wildman–Crippen LogP) is 7.65. The number of halogens is 4. The van der Waals surface area contributed by atoms with E-state index in [0.717, 1.165) is 11.1 Å². The molecule has 28 heavy (non-hydrogen) atoms. The molecule has 6 heteroatoms. The van der Waals surface area contributed by atoms with Crippen LogP contribution in [0.3, 0.4) is 0 Å². The predicted molar refractivity (Wildman–Crippen MR) is 118 cm³/mol. The minimum atomic E-state index is -0.434. The summed E-state index contributed by atoms with van der Waals surface area (Å²) in [4.78, 5) is 0. The highest BCUT2D eigenvalue weighted by Gasteiger charge is 2.11. The molecule has 0 heterocycles. The molecule has 0 aromatic heterocycles. The van der Waals surface area contributed by atoms with Crippen LogP contribution in [0.2, 0.25) is 5.02 Å². The molecular weight excluding hydrogens is 509 g/mol. The second-order valence-corrected chi connectivity index (χ2v) is 8.02. The van der Waals surface area contributed by atoms with Gasteiger partial charge in [-0.3, -0.25) is 0 Å². The fourth-order valence-electron chi connectivity index (χ4n) is 2.55. The van der Waals surface area contributed by atoms with Crippen LogP contribution in [-0.2, 0) is 6.61 Å². The van der Waals surface area contributed by atoms with Gasteiger partial charge in [-0.05, 0) is 79.4 Å². The Hall–Kier alpha value is -2.13. The van der Waals surface area contributed by atoms with E-state index >= 15 is 0 Å². The van der Waals surface area contributed by atoms with Crippen LogP contribution in [0.4, 0.5) is 4.39 Å². The maximum absolute atomic E-state index is 14.0. The number of ether oxygens (including phenoxy) is 1. The first-order valence-electron chi connectivity index (χ1n) is 8.21. The van der Waals surface area contributed by atoms with Gasteiger partial charge in [0.2, 0.25) is 0 Å². The fourth-order valence-corrected chi connectivity index (χ4v) is 4.13. The third-order valence-corrected chi connectivity index (χ3v) is 5.34. The Kier molecular flexibility index (Phi) is 6.90. The van der Waals surface area contributed by atoms with Crippen LogP contribution in [0, 0.1) is 17.1 Å². The van der Waals surface area contributed by atoms with Crippen molar-refractivity contribution in [2.24, 2.45) is 0 Å². The molecule has 0 unspecified atom stereocenters. The van der Waals surface area contributed by atoms with E-state index in [1.165, 1.54) is 6.07 Å². The summed E-state index contributed by atoms with van der Waals surface area (Å²) in [6.07, 6.45) is 1.64. The van der Waals surface area contributed by atoms with E-state index in [1.54, 1.807) is 24.3 Å². The standard InChI is InChI=1S/C22H13Br2ClFNO/c23-19-10-15(9-16(12-27)18-3-1-2-4-21(18)26)11-20(24)22(19)28-13-14-5-7-17(25)8-6-14/h1-11H,13H2/b16-9-. The van der Waals surface area contributed by atoms with Gasteiger partial charge in [0.1, 0.15) is 18.2 Å². The average molecular weight is 522 g/mol. The lowest BCUT2D eigenvalue weighted by molar-refractivity contribution is 0.302. The molecule has 0 amide bonds. The van der Waals surface area contributed by atoms with Gasteiger partial charge in [0.15, 0.2) is 0 Å². The number of hydrogen-bond acceptors (Lipinski definition) is 2. The molecule has 0 spiro atoms. The van der Waals surface area contributed by atoms with E-state index < -0.39 is 5.82 Å². The van der Waals surface area contributed by atoms with E-state index in [2.05, 4.69) is 37.9 Å². The number of benzene rings is 3. The van der Waals surface area contributed by atoms with Gasteiger partial charge in [-0.25, -0.2) is 4.39 Å². The van der Waals surface area contributed by atoms with Crippen molar-refractivity contribution < 1.29 is 9.13 Å². The maximum Gasteiger partial charge on any atom is 0.148 e. The van der Waals surface area contributed by atoms with E-state index in [9.17, 15) is 9.65 Å². The van der Waals surface area contributed by atoms with Crippen molar-refractivity contribution >= 4 is 55.1 Å². The van der Waals surface area contributed by atoms with Crippen molar-refractivity contribution in [1.82, 2.24) is 0 Å². The second kappa shape index (κ2) is 9.38. The number of allylic oxidation sites excluding steroid dienone is 1. The van der Waals surface area contributed by atoms with Crippen molar-refractivity contribution in [3.05, 3.63) is 97.1 Å². The quantitative estimate of drug-likeness (QED) is 0.255. The highest BCUT2D eigenvalue weighted by atomic mass is 79.9. The van der Waals surface area contributed by atoms with Gasteiger partial charge < -0.3 is 4.74 Å². The summed E-state index contributed by atoms with van der Waals surface area (Å²) in [7, 11) is 0. The van der Waals surface area contributed by atoms with E-state index in [4.69, 9.17) is 16.3 Å². The second-order valence-electron chi connectivity index (χ2n) is 5.88. The molecule has 0 saturated heterocycles. The highest BCUT2D eigenvalue weighted by Crippen LogP contribution is 2.36. The summed E-state index contributed by atoms with van der Waals surface area (Å²) in [6, 6.07) is 19.3. The fraction of sp³-hybridized carbons (Fsp3) is 0.0455. The lowest BCUT2D eigenvalue weighted by Crippen LogP contribution is -1.97. The summed E-state index contributed by atoms with van der Waals surface area (Å²) in [5, 5.41) is 10.1. The maximum atomic E-state index is 14.0. The molecule has 0 fully saturated rings. The highest BCUT2D eigenvalue weighted by molar-refractivity contribution is 9.11. The molecule has 3 aromatic carbocycles. The first-order chi connectivity index (χ1) is 13.5. The first-order valence-corrected chi connectivity index (χ1v) is 10.2. The molecular formula is C22H13Br2ClFNO. The molecule has 0 aliphatic heterocycles. The topological polar surface area (TPSA) is 33.0 Å². The average Bonchev–Trinajstić information content (AvgIpc) is 2.67. The van der Waals surface area contributed by atoms with Crippen LogP contribution >= 0.6 is 43.5 Å². The van der Waals surface area contributed by atoms with Gasteiger partial charge in [0.05, 0.1) is 20.6 Å². The zero-order valence-corrected chi connectivity index (χ0v) is 18.4. The van der Waals surface area contributed by atoms with Crippen molar-refractivity contribution in [2.45, 2.75) is 6.61 Å². The van der Waals surface area contributed by atoms with Crippen LogP contribution in [-0.4, -0.2) is 0 Å². The van der Waals surface area contributed by atoms with Crippen LogP contribution in [0.1, 0.15) is 16.7 Å². The zero-order chi connectivity index (χ0) is 20.1. The van der Waals surface area contributed by atoms with Gasteiger partial charge in [-0.1, -0.05) is 41.9 Å². The summed E-state index contributed by atoms with van der Waals surface area (Å²) >= 11 is 12.9. The van der Waals surface area contributed by atoms with Gasteiger partial charge >= 0.3 is 0 Å². The molecule has 0 aliphatic carbocycles. The van der Waals surface area contributed by atoms with Gasteiger partial charge in [-0.2, -0.15) is 5.26 Å². The minimum Gasteiger partial charge on any atom is -0.487 e. The van der Waals surface area contributed by atoms with Crippen LogP contribution in [0.25, 0.3) is 11.6 Å². The van der Waals surface area contributed by atoms with E-state index in [0.29, 0.717) is 26.3 Å². The van der Waals surface area contributed by atoms with Crippen LogP contribution in [0.15, 0.2) is 69.6 Å². The Morgan fingerprint density at radius 2 is 1.71 bits per heavy atom. The van der Waals surface area contributed by atoms with Crippen molar-refractivity contribution in [1.29, 1.82) is 5.26 Å². The molecule has 0 radical (unpaired) electrons. The number of rotatable bonds is 5. The van der Waals surface area contributed by atoms with Crippen LogP contribution in [0.5, 0.6) is 5.75 Å². The smallest absolute Gasteiger partial charge is 0.148 e. The summed E-state index contributed by atoms with van der Waals surface area (Å²) < 4.78 is 21.3. The molecule has 0 bridgehead atoms. The Labute approximate surface area is 184 Å². The third kappa shape index (κ3) is 5.02. The molecule has 0 N–H and O–H groups in total. The largest absolute Gasteiger partial charge is 0.487 e. The first kappa shape index (κ1) is 20.6. The Bertz CT molecular complexity index is 1050. The van der Waals surface area contributed by atoms with Gasteiger partial charge in [-0.15, -0.1) is 0 Å². The molecule has 0 saturated carbocycles. The Morgan fingerprint density at radius 3 is 2.32 bits per heavy atom. The Balaban J connectivity index is 1.86. The molecule has 2 nitrogen and oxygen atoms in total. The lowest BCUT2D eigenvalue weighted by Gasteiger charge is -2.12. The number of nitrogens with zero attached hydrogens (tertiary/aromatic N) is 1. The summed E-state index contributed by atoms with van der Waals surface area (Å²) in [6.45, 7) is 0.377. The number of nitriles is 1. The Morgan fingerprint density at radius 1 is 1.07 bits per heavy atom. The van der Waals surface area contributed by atoms with Crippen LogP contribution < -0.4 is 4.74 Å². The van der Waals surface area contributed by atoms with Gasteiger partial charge in [0.25, 0.3) is 0 Å². The molecule has 140 valence electrons. The zero-order valence-electron chi connectivity index (χ0n) is 14.4. The molecule has 0 atom stereocenters. The monoisotopic (exact) mass is 519 g/mol. The molecule has 0 aliphatic rings. The SMILES string of the molecule is N#C/C(=C/c1cc(Br)c(OCc2ccc(Cl)cc2)c(Br)c1)c1ccccc1F. The summed E-state index contributed by atoms with van der Waals surface area (Å²) in [5.74, 6) is 0.202. The summed E-state index contributed by atoms with van der Waals surface area (Å²) in [5.41, 5.74) is 2.22. The minimum absolute atomic E-state index is 0.242. The normalized spacial score (nSPS) is 11.2. The lowest BCUT2D eigenvalue weighted by atomic mass is 10.0. The van der Waals surface area contributed by atoms with E-state index in [-0.39, 0.29) is 11.1 Å². The molecule has 3 rings (SSSR count). The van der Waals surface area contributed by atoms with E-state index in [1.807, 2.05) is 36.4 Å². The van der Waals surface area contributed by atoms with Crippen molar-refractivity contribution in [2.75, 3.05) is 0 Å². The third-order valence-electron chi connectivity index (χ3n) is 3.91. The molecule has 3 aromatic rings. The van der Waals surface area contributed by atoms with Gasteiger partial charge in [0, 0.05) is 10.6 Å². The van der Waals surface area contributed by atoms with Crippen molar-refractivity contribution in [3.63, 3.8) is 0 Å².